The van der Waals surface area contributed by atoms with E-state index in [2.05, 4.69) is 18.0 Å². The van der Waals surface area contributed by atoms with Crippen molar-refractivity contribution in [1.29, 1.82) is 5.26 Å². The third-order valence-corrected chi connectivity index (χ3v) is 3.92. The van der Waals surface area contributed by atoms with Gasteiger partial charge in [0.05, 0.1) is 19.3 Å². The highest BCUT2D eigenvalue weighted by atomic mass is 32.1. The molecule has 2 aromatic rings. The minimum atomic E-state index is 0.546. The highest BCUT2D eigenvalue weighted by Crippen LogP contribution is 2.30. The Labute approximate surface area is 134 Å². The summed E-state index contributed by atoms with van der Waals surface area (Å²) in [6.45, 7) is 4.59. The van der Waals surface area contributed by atoms with Crippen LogP contribution in [0.25, 0.3) is 11.6 Å². The molecule has 0 aliphatic heterocycles. The van der Waals surface area contributed by atoms with E-state index < -0.39 is 0 Å². The lowest BCUT2D eigenvalue weighted by molar-refractivity contribution is 0.294. The molecule has 1 aromatic carbocycles. The Balaban J connectivity index is 2.35. The van der Waals surface area contributed by atoms with Crippen molar-refractivity contribution < 1.29 is 9.47 Å². The molecule has 0 aliphatic rings. The fourth-order valence-corrected chi connectivity index (χ4v) is 2.66. The van der Waals surface area contributed by atoms with Crippen LogP contribution in [-0.4, -0.2) is 18.7 Å². The number of ether oxygens (including phenoxy) is 2. The van der Waals surface area contributed by atoms with Gasteiger partial charge in [-0.1, -0.05) is 13.0 Å². The summed E-state index contributed by atoms with van der Waals surface area (Å²) < 4.78 is 11.0. The predicted molar refractivity (Wildman–Crippen MR) is 89.1 cm³/mol. The minimum Gasteiger partial charge on any atom is -0.493 e. The molecule has 4 nitrogen and oxygen atoms in total. The zero-order chi connectivity index (χ0) is 15.9. The van der Waals surface area contributed by atoms with Gasteiger partial charge in [-0.3, -0.25) is 0 Å². The molecule has 5 heteroatoms. The summed E-state index contributed by atoms with van der Waals surface area (Å²) in [5.74, 6) is 1.37. The molecule has 0 atom stereocenters. The molecule has 114 valence electrons. The number of nitrogens with zero attached hydrogens (tertiary/aromatic N) is 2. The van der Waals surface area contributed by atoms with Crippen LogP contribution in [0.4, 0.5) is 0 Å². The average molecular weight is 314 g/mol. The molecule has 0 unspecified atom stereocenters. The molecule has 0 spiro atoms. The average Bonchev–Trinajstić information content (AvgIpc) is 2.97. The molecule has 22 heavy (non-hydrogen) atoms. The van der Waals surface area contributed by atoms with Gasteiger partial charge in [-0.2, -0.15) is 5.26 Å². The van der Waals surface area contributed by atoms with Gasteiger partial charge in [0.25, 0.3) is 0 Å². The maximum Gasteiger partial charge on any atom is 0.161 e. The fraction of sp³-hybridized carbons (Fsp3) is 0.294. The third kappa shape index (κ3) is 3.86. The van der Waals surface area contributed by atoms with Gasteiger partial charge in [0.2, 0.25) is 0 Å². The van der Waals surface area contributed by atoms with Crippen molar-refractivity contribution in [3.63, 3.8) is 0 Å². The van der Waals surface area contributed by atoms with Crippen molar-refractivity contribution >= 4 is 23.0 Å². The standard InChI is InChI=1S/C17H18N2O2S/c1-4-7-21-16-9-13(5-6-15(16)20-3)8-14(10-18)17-19-12(2)11-22-17/h5-6,8-9,11H,4,7H2,1-3H3/b14-8-. The minimum absolute atomic E-state index is 0.546. The van der Waals surface area contributed by atoms with Crippen LogP contribution in [0.2, 0.25) is 0 Å². The summed E-state index contributed by atoms with van der Waals surface area (Å²) in [5.41, 5.74) is 2.35. The Morgan fingerprint density at radius 2 is 2.23 bits per heavy atom. The Morgan fingerprint density at radius 1 is 1.41 bits per heavy atom. The lowest BCUT2D eigenvalue weighted by atomic mass is 10.1. The number of allylic oxidation sites excluding steroid dienone is 1. The second kappa shape index (κ2) is 7.62. The van der Waals surface area contributed by atoms with Crippen LogP contribution >= 0.6 is 11.3 Å². The topological polar surface area (TPSA) is 55.1 Å². The second-order valence-corrected chi connectivity index (χ2v) is 5.58. The molecule has 0 bridgehead atoms. The number of aryl methyl sites for hydroxylation is 1. The van der Waals surface area contributed by atoms with E-state index in [4.69, 9.17) is 9.47 Å². The molecule has 0 saturated heterocycles. The molecule has 0 amide bonds. The number of hydrogen-bond acceptors (Lipinski definition) is 5. The smallest absolute Gasteiger partial charge is 0.161 e. The van der Waals surface area contributed by atoms with E-state index in [9.17, 15) is 5.26 Å². The van der Waals surface area contributed by atoms with Gasteiger partial charge in [-0.05, 0) is 37.1 Å². The molecule has 1 heterocycles. The molecule has 0 aliphatic carbocycles. The quantitative estimate of drug-likeness (QED) is 0.745. The van der Waals surface area contributed by atoms with E-state index >= 15 is 0 Å². The van der Waals surface area contributed by atoms with Gasteiger partial charge in [-0.25, -0.2) is 4.98 Å². The van der Waals surface area contributed by atoms with E-state index in [0.717, 1.165) is 22.7 Å². The number of methoxy groups -OCH3 is 1. The van der Waals surface area contributed by atoms with Gasteiger partial charge >= 0.3 is 0 Å². The lowest BCUT2D eigenvalue weighted by Gasteiger charge is -2.10. The normalized spacial score (nSPS) is 11.1. The van der Waals surface area contributed by atoms with Crippen LogP contribution < -0.4 is 9.47 Å². The van der Waals surface area contributed by atoms with Gasteiger partial charge < -0.3 is 9.47 Å². The van der Waals surface area contributed by atoms with E-state index in [1.807, 2.05) is 36.6 Å². The summed E-state index contributed by atoms with van der Waals surface area (Å²) in [7, 11) is 1.61. The largest absolute Gasteiger partial charge is 0.493 e. The van der Waals surface area contributed by atoms with Crippen LogP contribution in [0.15, 0.2) is 23.6 Å². The van der Waals surface area contributed by atoms with Crippen LogP contribution in [0.3, 0.4) is 0 Å². The van der Waals surface area contributed by atoms with Gasteiger partial charge in [0, 0.05) is 11.1 Å². The second-order valence-electron chi connectivity index (χ2n) is 4.72. The summed E-state index contributed by atoms with van der Waals surface area (Å²) in [5, 5.41) is 12.0. The van der Waals surface area contributed by atoms with E-state index in [0.29, 0.717) is 23.7 Å². The number of nitriles is 1. The monoisotopic (exact) mass is 314 g/mol. The molecule has 0 saturated carbocycles. The summed E-state index contributed by atoms with van der Waals surface area (Å²) in [6, 6.07) is 7.83. The summed E-state index contributed by atoms with van der Waals surface area (Å²) in [4.78, 5) is 4.36. The maximum absolute atomic E-state index is 9.35. The third-order valence-electron chi connectivity index (χ3n) is 2.93. The number of aromatic nitrogens is 1. The molecule has 0 radical (unpaired) electrons. The molecular formula is C17H18N2O2S. The SMILES string of the molecule is CCCOc1cc(/C=C(/C#N)c2nc(C)cs2)ccc1OC. The fourth-order valence-electron chi connectivity index (χ4n) is 1.89. The highest BCUT2D eigenvalue weighted by molar-refractivity contribution is 7.11. The first-order chi connectivity index (χ1) is 10.7. The molecule has 1 aromatic heterocycles. The van der Waals surface area contributed by atoms with E-state index in [1.165, 1.54) is 11.3 Å². The zero-order valence-corrected chi connectivity index (χ0v) is 13.7. The van der Waals surface area contributed by atoms with Crippen LogP contribution in [0.1, 0.15) is 29.6 Å². The first-order valence-electron chi connectivity index (χ1n) is 7.03. The number of hydrogen-bond donors (Lipinski definition) is 0. The Hall–Kier alpha value is -2.32. The van der Waals surface area contributed by atoms with E-state index in [-0.39, 0.29) is 0 Å². The Bertz CT molecular complexity index is 714. The molecule has 0 fully saturated rings. The van der Waals surface area contributed by atoms with Crippen LogP contribution in [0.5, 0.6) is 11.5 Å². The zero-order valence-electron chi connectivity index (χ0n) is 12.9. The maximum atomic E-state index is 9.35. The van der Waals surface area contributed by atoms with Crippen LogP contribution in [0, 0.1) is 18.3 Å². The molecule has 0 N–H and O–H groups in total. The van der Waals surface area contributed by atoms with Gasteiger partial charge in [0.15, 0.2) is 11.5 Å². The van der Waals surface area contributed by atoms with Crippen molar-refractivity contribution in [3.8, 4) is 17.6 Å². The first-order valence-corrected chi connectivity index (χ1v) is 7.91. The van der Waals surface area contributed by atoms with Crippen molar-refractivity contribution in [2.45, 2.75) is 20.3 Å². The molecular weight excluding hydrogens is 296 g/mol. The number of benzene rings is 1. The van der Waals surface area contributed by atoms with Crippen molar-refractivity contribution in [1.82, 2.24) is 4.98 Å². The summed E-state index contributed by atoms with van der Waals surface area (Å²) >= 11 is 1.47. The number of rotatable bonds is 6. The van der Waals surface area contributed by atoms with Gasteiger partial charge in [-0.15, -0.1) is 11.3 Å². The Morgan fingerprint density at radius 3 is 2.82 bits per heavy atom. The van der Waals surface area contributed by atoms with Crippen molar-refractivity contribution in [2.75, 3.05) is 13.7 Å². The van der Waals surface area contributed by atoms with E-state index in [1.54, 1.807) is 7.11 Å². The van der Waals surface area contributed by atoms with Gasteiger partial charge in [0.1, 0.15) is 11.1 Å². The lowest BCUT2D eigenvalue weighted by Crippen LogP contribution is -1.98. The number of thiazole rings is 1. The molecule has 2 rings (SSSR count). The first kappa shape index (κ1) is 16.1. The van der Waals surface area contributed by atoms with Crippen molar-refractivity contribution in [3.05, 3.63) is 39.8 Å². The summed E-state index contributed by atoms with van der Waals surface area (Å²) in [6.07, 6.45) is 2.74. The Kier molecular flexibility index (Phi) is 5.56. The van der Waals surface area contributed by atoms with Crippen molar-refractivity contribution in [2.24, 2.45) is 0 Å². The highest BCUT2D eigenvalue weighted by Gasteiger charge is 2.08. The van der Waals surface area contributed by atoms with Crippen LogP contribution in [-0.2, 0) is 0 Å². The predicted octanol–water partition coefficient (Wildman–Crippen LogP) is 4.31.